The lowest BCUT2D eigenvalue weighted by Crippen LogP contribution is -2.17. The quantitative estimate of drug-likeness (QED) is 0.155. The maximum absolute atomic E-state index is 15.2. The van der Waals surface area contributed by atoms with Crippen LogP contribution in [-0.2, 0) is 0 Å². The van der Waals surface area contributed by atoms with Crippen molar-refractivity contribution in [2.45, 2.75) is 13.3 Å². The Bertz CT molecular complexity index is 1880. The molecule has 15 heteroatoms. The highest BCUT2D eigenvalue weighted by Crippen LogP contribution is 2.37. The fourth-order valence-corrected chi connectivity index (χ4v) is 4.53. The lowest BCUT2D eigenvalue weighted by molar-refractivity contribution is -0.274. The third-order valence-electron chi connectivity index (χ3n) is 6.22. The maximum atomic E-state index is 15.2. The topological polar surface area (TPSA) is 106 Å². The number of aromatic nitrogens is 3. The summed E-state index contributed by atoms with van der Waals surface area (Å²) >= 11 is 6.17. The molecule has 2 heterocycles. The highest BCUT2D eigenvalue weighted by Gasteiger charge is 2.31. The van der Waals surface area contributed by atoms with Gasteiger partial charge in [0.05, 0.1) is 48.9 Å². The van der Waals surface area contributed by atoms with Gasteiger partial charge in [0.2, 0.25) is 0 Å². The predicted octanol–water partition coefficient (Wildman–Crippen LogP) is 7.57. The van der Waals surface area contributed by atoms with Gasteiger partial charge in [-0.2, -0.15) is 5.10 Å². The van der Waals surface area contributed by atoms with E-state index in [9.17, 15) is 18.0 Å². The zero-order valence-corrected chi connectivity index (χ0v) is 24.5. The molecule has 45 heavy (non-hydrogen) atoms. The molecule has 0 fully saturated rings. The normalized spacial score (nSPS) is 11.3. The summed E-state index contributed by atoms with van der Waals surface area (Å²) in [5.41, 5.74) is 0.294. The summed E-state index contributed by atoms with van der Waals surface area (Å²) in [5, 5.41) is 7.07. The SMILES string of the molecule is CCOc1cn(-c2ccc(OC(F)(F)F)cc2Cl)nc1C(=O)Nc1ccc(Oc2ccnc3cc(OC)c(OC)cc23)cc1F. The molecule has 0 bridgehead atoms. The van der Waals surface area contributed by atoms with Crippen LogP contribution in [0.1, 0.15) is 17.4 Å². The fraction of sp³-hybridized carbons (Fsp3) is 0.167. The van der Waals surface area contributed by atoms with Gasteiger partial charge >= 0.3 is 6.36 Å². The van der Waals surface area contributed by atoms with Gasteiger partial charge in [-0.1, -0.05) is 11.6 Å². The molecular formula is C30H23ClF4N4O6. The molecule has 1 amide bonds. The van der Waals surface area contributed by atoms with Crippen molar-refractivity contribution in [3.8, 4) is 40.2 Å². The maximum Gasteiger partial charge on any atom is 0.573 e. The van der Waals surface area contributed by atoms with Gasteiger partial charge in [-0.05, 0) is 43.3 Å². The minimum absolute atomic E-state index is 0.0265. The Morgan fingerprint density at radius 1 is 0.956 bits per heavy atom. The number of nitrogens with zero attached hydrogens (tertiary/aromatic N) is 3. The molecule has 0 saturated carbocycles. The number of nitrogens with one attached hydrogen (secondary N) is 1. The first kappa shape index (κ1) is 31.2. The van der Waals surface area contributed by atoms with Crippen LogP contribution in [0.4, 0.5) is 23.2 Å². The monoisotopic (exact) mass is 646 g/mol. The number of carbonyl (C=O) groups is 1. The Morgan fingerprint density at radius 3 is 2.36 bits per heavy atom. The lowest BCUT2D eigenvalue weighted by atomic mass is 10.2. The molecule has 0 saturated heterocycles. The molecule has 234 valence electrons. The van der Waals surface area contributed by atoms with E-state index in [-0.39, 0.29) is 40.2 Å². The van der Waals surface area contributed by atoms with E-state index < -0.39 is 23.8 Å². The third kappa shape index (κ3) is 6.96. The number of rotatable bonds is 10. The number of ether oxygens (including phenoxy) is 5. The molecule has 0 atom stereocenters. The van der Waals surface area contributed by atoms with Gasteiger partial charge in [-0.3, -0.25) is 9.78 Å². The smallest absolute Gasteiger partial charge is 0.493 e. The first-order chi connectivity index (χ1) is 21.5. The number of methoxy groups -OCH3 is 2. The van der Waals surface area contributed by atoms with Crippen molar-refractivity contribution in [1.82, 2.24) is 14.8 Å². The number of carbonyl (C=O) groups excluding carboxylic acids is 1. The van der Waals surface area contributed by atoms with Crippen LogP contribution in [-0.4, -0.2) is 47.9 Å². The van der Waals surface area contributed by atoms with Crippen molar-refractivity contribution in [2.24, 2.45) is 0 Å². The number of hydrogen-bond donors (Lipinski definition) is 1. The van der Waals surface area contributed by atoms with Crippen molar-refractivity contribution in [3.05, 3.63) is 83.5 Å². The third-order valence-corrected chi connectivity index (χ3v) is 6.52. The minimum Gasteiger partial charge on any atom is -0.493 e. The van der Waals surface area contributed by atoms with Crippen LogP contribution >= 0.6 is 11.6 Å². The Labute approximate surface area is 258 Å². The highest BCUT2D eigenvalue weighted by atomic mass is 35.5. The molecule has 0 spiro atoms. The molecule has 0 aliphatic carbocycles. The van der Waals surface area contributed by atoms with Crippen LogP contribution in [0.2, 0.25) is 5.02 Å². The molecule has 1 N–H and O–H groups in total. The number of hydrogen-bond acceptors (Lipinski definition) is 8. The van der Waals surface area contributed by atoms with Crippen LogP contribution < -0.4 is 29.0 Å². The largest absolute Gasteiger partial charge is 0.573 e. The number of pyridine rings is 1. The second-order valence-electron chi connectivity index (χ2n) is 9.11. The zero-order chi connectivity index (χ0) is 32.3. The summed E-state index contributed by atoms with van der Waals surface area (Å²) in [6, 6.07) is 12.1. The zero-order valence-electron chi connectivity index (χ0n) is 23.7. The van der Waals surface area contributed by atoms with E-state index in [0.29, 0.717) is 28.2 Å². The number of amides is 1. The van der Waals surface area contributed by atoms with Crippen LogP contribution in [0.5, 0.6) is 34.5 Å². The second kappa shape index (κ2) is 12.8. The number of fused-ring (bicyclic) bond motifs is 1. The van der Waals surface area contributed by atoms with Crippen molar-refractivity contribution in [2.75, 3.05) is 26.1 Å². The molecule has 5 rings (SSSR count). The summed E-state index contributed by atoms with van der Waals surface area (Å²) in [5.74, 6) is -0.686. The van der Waals surface area contributed by atoms with E-state index in [0.717, 1.165) is 22.9 Å². The van der Waals surface area contributed by atoms with Gasteiger partial charge in [0.25, 0.3) is 5.91 Å². The van der Waals surface area contributed by atoms with Crippen molar-refractivity contribution in [1.29, 1.82) is 0 Å². The van der Waals surface area contributed by atoms with Crippen molar-refractivity contribution >= 4 is 34.1 Å². The summed E-state index contributed by atoms with van der Waals surface area (Å²) in [6.45, 7) is 1.83. The minimum atomic E-state index is -4.90. The summed E-state index contributed by atoms with van der Waals surface area (Å²) in [7, 11) is 3.00. The molecule has 0 aliphatic rings. The molecule has 10 nitrogen and oxygen atoms in total. The molecule has 2 aromatic heterocycles. The summed E-state index contributed by atoms with van der Waals surface area (Å²) < 4.78 is 80.0. The van der Waals surface area contributed by atoms with Gasteiger partial charge in [0, 0.05) is 29.8 Å². The van der Waals surface area contributed by atoms with E-state index in [1.165, 1.54) is 44.8 Å². The van der Waals surface area contributed by atoms with Crippen LogP contribution in [0.3, 0.4) is 0 Å². The Balaban J connectivity index is 1.37. The molecule has 0 unspecified atom stereocenters. The average molecular weight is 647 g/mol. The van der Waals surface area contributed by atoms with Gasteiger partial charge < -0.3 is 29.0 Å². The molecule has 0 radical (unpaired) electrons. The molecule has 3 aromatic carbocycles. The number of alkyl halides is 3. The lowest BCUT2D eigenvalue weighted by Gasteiger charge is -2.13. The van der Waals surface area contributed by atoms with Crippen molar-refractivity contribution < 1.29 is 46.0 Å². The van der Waals surface area contributed by atoms with Gasteiger partial charge in [-0.15, -0.1) is 13.2 Å². The average Bonchev–Trinajstić information content (AvgIpc) is 3.41. The first-order valence-corrected chi connectivity index (χ1v) is 13.4. The Morgan fingerprint density at radius 2 is 1.69 bits per heavy atom. The van der Waals surface area contributed by atoms with E-state index in [4.69, 9.17) is 30.5 Å². The van der Waals surface area contributed by atoms with Crippen LogP contribution in [0.25, 0.3) is 16.6 Å². The van der Waals surface area contributed by atoms with Gasteiger partial charge in [0.15, 0.2) is 22.9 Å². The van der Waals surface area contributed by atoms with Gasteiger partial charge in [-0.25, -0.2) is 9.07 Å². The number of benzene rings is 3. The highest BCUT2D eigenvalue weighted by molar-refractivity contribution is 6.32. The fourth-order valence-electron chi connectivity index (χ4n) is 4.28. The van der Waals surface area contributed by atoms with Crippen LogP contribution in [0.15, 0.2) is 67.0 Å². The van der Waals surface area contributed by atoms with E-state index in [1.807, 2.05) is 0 Å². The first-order valence-electron chi connectivity index (χ1n) is 13.1. The predicted molar refractivity (Wildman–Crippen MR) is 156 cm³/mol. The van der Waals surface area contributed by atoms with E-state index >= 15 is 4.39 Å². The van der Waals surface area contributed by atoms with E-state index in [2.05, 4.69) is 20.1 Å². The van der Waals surface area contributed by atoms with Gasteiger partial charge in [0.1, 0.15) is 23.1 Å². The van der Waals surface area contributed by atoms with Crippen LogP contribution in [0, 0.1) is 5.82 Å². The second-order valence-corrected chi connectivity index (χ2v) is 9.52. The standard InChI is InChI=1S/C30H23ClF4N4O6/c1-4-43-27-15-39(23-8-6-17(11-19(23)31)45-30(33,34)35)38-28(27)29(40)37-21-7-5-16(12-20(21)32)44-24-9-10-36-22-14-26(42-3)25(41-2)13-18(22)24/h5-15H,4H2,1-3H3,(H,37,40). The molecule has 5 aromatic rings. The van der Waals surface area contributed by atoms with Crippen molar-refractivity contribution in [3.63, 3.8) is 0 Å². The Kier molecular flexibility index (Phi) is 8.86. The van der Waals surface area contributed by atoms with E-state index in [1.54, 1.807) is 25.1 Å². The number of halogens is 5. The summed E-state index contributed by atoms with van der Waals surface area (Å²) in [4.78, 5) is 17.5. The molecular weight excluding hydrogens is 624 g/mol. The number of anilines is 1. The molecule has 0 aliphatic heterocycles. The summed E-state index contributed by atoms with van der Waals surface area (Å²) in [6.07, 6.45) is -2.05. The Hall–Kier alpha value is -5.24.